The fourth-order valence-electron chi connectivity index (χ4n) is 1.43. The monoisotopic (exact) mass is 244 g/mol. The molecule has 0 amide bonds. The molecule has 4 N–H and O–H groups in total. The maximum Gasteiger partial charge on any atom is 0.131 e. The molecule has 0 spiro atoms. The van der Waals surface area contributed by atoms with Crippen molar-refractivity contribution in [3.8, 4) is 0 Å². The van der Waals surface area contributed by atoms with E-state index < -0.39 is 0 Å². The Bertz CT molecular complexity index is 473. The third kappa shape index (κ3) is 3.67. The molecule has 18 heavy (non-hydrogen) atoms. The van der Waals surface area contributed by atoms with Crippen molar-refractivity contribution in [2.24, 2.45) is 5.73 Å². The van der Waals surface area contributed by atoms with Crippen molar-refractivity contribution in [1.29, 1.82) is 0 Å². The Morgan fingerprint density at radius 3 is 2.61 bits per heavy atom. The van der Waals surface area contributed by atoms with Crippen molar-refractivity contribution in [1.82, 2.24) is 15.0 Å². The van der Waals surface area contributed by atoms with E-state index in [1.807, 2.05) is 24.3 Å². The topological polar surface area (TPSA) is 88.8 Å². The van der Waals surface area contributed by atoms with E-state index >= 15 is 0 Å². The van der Waals surface area contributed by atoms with Crippen LogP contribution in [0.3, 0.4) is 0 Å². The normalized spacial score (nSPS) is 10.1. The Kier molecular flexibility index (Phi) is 4.43. The number of hydrogen-bond acceptors (Lipinski definition) is 6. The molecule has 0 bridgehead atoms. The SMILES string of the molecule is NCCNc1cc(NCc2ccccn2)ncn1. The Balaban J connectivity index is 1.93. The first-order valence-corrected chi connectivity index (χ1v) is 5.78. The second kappa shape index (κ2) is 6.51. The lowest BCUT2D eigenvalue weighted by Gasteiger charge is -2.07. The quantitative estimate of drug-likeness (QED) is 0.698. The summed E-state index contributed by atoms with van der Waals surface area (Å²) in [6, 6.07) is 7.65. The molecule has 0 saturated carbocycles. The molecule has 0 aliphatic carbocycles. The number of aromatic nitrogens is 3. The fourth-order valence-corrected chi connectivity index (χ4v) is 1.43. The van der Waals surface area contributed by atoms with E-state index in [0.717, 1.165) is 17.3 Å². The molecule has 6 heteroatoms. The molecule has 2 aromatic heterocycles. The molecule has 0 aliphatic rings. The lowest BCUT2D eigenvalue weighted by molar-refractivity contribution is 0.993. The Hall–Kier alpha value is -2.21. The van der Waals surface area contributed by atoms with E-state index in [2.05, 4.69) is 25.6 Å². The van der Waals surface area contributed by atoms with Gasteiger partial charge in [0.1, 0.15) is 18.0 Å². The zero-order valence-corrected chi connectivity index (χ0v) is 10.0. The van der Waals surface area contributed by atoms with Crippen LogP contribution in [0.4, 0.5) is 11.6 Å². The predicted molar refractivity (Wildman–Crippen MR) is 71.1 cm³/mol. The molecule has 2 rings (SSSR count). The number of nitrogens with one attached hydrogen (secondary N) is 2. The molecule has 94 valence electrons. The first kappa shape index (κ1) is 12.3. The minimum absolute atomic E-state index is 0.570. The van der Waals surface area contributed by atoms with Gasteiger partial charge >= 0.3 is 0 Å². The van der Waals surface area contributed by atoms with Crippen LogP contribution in [0.25, 0.3) is 0 Å². The Morgan fingerprint density at radius 1 is 1.06 bits per heavy atom. The van der Waals surface area contributed by atoms with Gasteiger partial charge in [0.05, 0.1) is 12.2 Å². The number of pyridine rings is 1. The molecular formula is C12H16N6. The predicted octanol–water partition coefficient (Wildman–Crippen LogP) is 0.854. The van der Waals surface area contributed by atoms with E-state index in [1.165, 1.54) is 6.33 Å². The Labute approximate surface area is 106 Å². The molecule has 0 fully saturated rings. The van der Waals surface area contributed by atoms with Gasteiger partial charge in [0, 0.05) is 25.4 Å². The van der Waals surface area contributed by atoms with Crippen molar-refractivity contribution < 1.29 is 0 Å². The van der Waals surface area contributed by atoms with Crippen LogP contribution in [0.1, 0.15) is 5.69 Å². The zero-order valence-electron chi connectivity index (χ0n) is 10.0. The van der Waals surface area contributed by atoms with E-state index in [1.54, 1.807) is 6.20 Å². The van der Waals surface area contributed by atoms with Crippen molar-refractivity contribution in [2.75, 3.05) is 23.7 Å². The van der Waals surface area contributed by atoms with Gasteiger partial charge in [-0.05, 0) is 12.1 Å². The first-order valence-electron chi connectivity index (χ1n) is 5.78. The molecule has 2 heterocycles. The van der Waals surface area contributed by atoms with Crippen molar-refractivity contribution in [3.63, 3.8) is 0 Å². The van der Waals surface area contributed by atoms with Gasteiger partial charge in [-0.3, -0.25) is 4.98 Å². The van der Waals surface area contributed by atoms with Crippen molar-refractivity contribution >= 4 is 11.6 Å². The van der Waals surface area contributed by atoms with Crippen LogP contribution in [0.5, 0.6) is 0 Å². The largest absolute Gasteiger partial charge is 0.369 e. The van der Waals surface area contributed by atoms with Crippen molar-refractivity contribution in [2.45, 2.75) is 6.54 Å². The summed E-state index contributed by atoms with van der Waals surface area (Å²) in [5.41, 5.74) is 6.38. The highest BCUT2D eigenvalue weighted by atomic mass is 15.1. The van der Waals surface area contributed by atoms with Crippen LogP contribution >= 0.6 is 0 Å². The van der Waals surface area contributed by atoms with E-state index in [0.29, 0.717) is 19.6 Å². The zero-order chi connectivity index (χ0) is 12.6. The number of nitrogens with two attached hydrogens (primary N) is 1. The summed E-state index contributed by atoms with van der Waals surface area (Å²) in [5.74, 6) is 1.52. The fraction of sp³-hybridized carbons (Fsp3) is 0.250. The number of hydrogen-bond donors (Lipinski definition) is 3. The van der Waals surface area contributed by atoms with Crippen LogP contribution < -0.4 is 16.4 Å². The molecule has 0 aliphatic heterocycles. The lowest BCUT2D eigenvalue weighted by atomic mass is 10.3. The van der Waals surface area contributed by atoms with E-state index in [-0.39, 0.29) is 0 Å². The molecule has 0 unspecified atom stereocenters. The second-order valence-corrected chi connectivity index (χ2v) is 3.68. The first-order chi connectivity index (χ1) is 8.88. The van der Waals surface area contributed by atoms with E-state index in [9.17, 15) is 0 Å². The highest BCUT2D eigenvalue weighted by molar-refractivity contribution is 5.46. The summed E-state index contributed by atoms with van der Waals surface area (Å²) >= 11 is 0. The molecule has 0 aromatic carbocycles. The summed E-state index contributed by atoms with van der Waals surface area (Å²) in [4.78, 5) is 12.5. The van der Waals surface area contributed by atoms with Crippen LogP contribution in [-0.4, -0.2) is 28.0 Å². The summed E-state index contributed by atoms with van der Waals surface area (Å²) in [6.45, 7) is 1.89. The van der Waals surface area contributed by atoms with Gasteiger partial charge in [-0.1, -0.05) is 6.07 Å². The molecule has 6 nitrogen and oxygen atoms in total. The van der Waals surface area contributed by atoms with Crippen LogP contribution in [0.2, 0.25) is 0 Å². The lowest BCUT2D eigenvalue weighted by Crippen LogP contribution is -2.14. The molecule has 0 saturated heterocycles. The maximum absolute atomic E-state index is 5.42. The standard InChI is InChI=1S/C12H16N6/c13-4-6-15-11-7-12(18-9-17-11)16-8-10-3-1-2-5-14-10/h1-3,5,7,9H,4,6,8,13H2,(H2,15,16,17,18). The summed E-state index contributed by atoms with van der Waals surface area (Å²) in [5, 5.41) is 6.29. The highest BCUT2D eigenvalue weighted by Crippen LogP contribution is 2.09. The van der Waals surface area contributed by atoms with Gasteiger partial charge in [0.2, 0.25) is 0 Å². The van der Waals surface area contributed by atoms with Crippen LogP contribution in [0.15, 0.2) is 36.8 Å². The third-order valence-electron chi connectivity index (χ3n) is 2.29. The van der Waals surface area contributed by atoms with Gasteiger partial charge in [-0.25, -0.2) is 9.97 Å². The van der Waals surface area contributed by atoms with Crippen LogP contribution in [0, 0.1) is 0 Å². The Morgan fingerprint density at radius 2 is 1.89 bits per heavy atom. The van der Waals surface area contributed by atoms with Gasteiger partial charge in [0.15, 0.2) is 0 Å². The second-order valence-electron chi connectivity index (χ2n) is 3.68. The molecule has 0 atom stereocenters. The molecular weight excluding hydrogens is 228 g/mol. The van der Waals surface area contributed by atoms with Gasteiger partial charge < -0.3 is 16.4 Å². The molecule has 0 radical (unpaired) electrons. The number of nitrogens with zero attached hydrogens (tertiary/aromatic N) is 3. The maximum atomic E-state index is 5.42. The van der Waals surface area contributed by atoms with E-state index in [4.69, 9.17) is 5.73 Å². The average Bonchev–Trinajstić information content (AvgIpc) is 2.44. The summed E-state index contributed by atoms with van der Waals surface area (Å²) < 4.78 is 0. The van der Waals surface area contributed by atoms with Gasteiger partial charge in [-0.15, -0.1) is 0 Å². The molecule has 2 aromatic rings. The van der Waals surface area contributed by atoms with Gasteiger partial charge in [-0.2, -0.15) is 0 Å². The number of rotatable bonds is 6. The average molecular weight is 244 g/mol. The minimum Gasteiger partial charge on any atom is -0.369 e. The van der Waals surface area contributed by atoms with Crippen LogP contribution in [-0.2, 0) is 6.54 Å². The summed E-state index contributed by atoms with van der Waals surface area (Å²) in [6.07, 6.45) is 3.28. The van der Waals surface area contributed by atoms with Crippen molar-refractivity contribution in [3.05, 3.63) is 42.5 Å². The smallest absolute Gasteiger partial charge is 0.131 e. The minimum atomic E-state index is 0.570. The highest BCUT2D eigenvalue weighted by Gasteiger charge is 1.98. The van der Waals surface area contributed by atoms with Gasteiger partial charge in [0.25, 0.3) is 0 Å². The third-order valence-corrected chi connectivity index (χ3v) is 2.29. The number of anilines is 2. The summed E-state index contributed by atoms with van der Waals surface area (Å²) in [7, 11) is 0.